The summed E-state index contributed by atoms with van der Waals surface area (Å²) >= 11 is 1.81. The maximum Gasteiger partial charge on any atom is 0.236 e. The zero-order chi connectivity index (χ0) is 15.5. The molecule has 0 bridgehead atoms. The van der Waals surface area contributed by atoms with Crippen molar-refractivity contribution in [3.05, 3.63) is 11.6 Å². The van der Waals surface area contributed by atoms with Crippen LogP contribution in [-0.4, -0.2) is 55.8 Å². The lowest BCUT2D eigenvalue weighted by molar-refractivity contribution is -0.132. The van der Waals surface area contributed by atoms with Gasteiger partial charge in [0, 0.05) is 32.2 Å². The van der Waals surface area contributed by atoms with Crippen LogP contribution in [0.4, 0.5) is 0 Å². The van der Waals surface area contributed by atoms with Gasteiger partial charge in [-0.1, -0.05) is 0 Å². The molecule has 7 heteroatoms. The number of amides is 1. The summed E-state index contributed by atoms with van der Waals surface area (Å²) in [5.41, 5.74) is 0. The Balaban J connectivity index is 1.71. The number of aromatic nitrogens is 3. The Morgan fingerprint density at radius 1 is 1.41 bits per heavy atom. The number of carbonyl (C=O) groups is 1. The van der Waals surface area contributed by atoms with Gasteiger partial charge in [0.15, 0.2) is 5.82 Å². The van der Waals surface area contributed by atoms with Crippen molar-refractivity contribution in [2.45, 2.75) is 57.6 Å². The minimum atomic E-state index is 0.161. The SMILES string of the molecule is CCOCc1nnc2n1CCN(C(=O)[C@@H]1CCCS1)[C@@H](C)C2. The molecule has 1 amide bonds. The van der Waals surface area contributed by atoms with E-state index >= 15 is 0 Å². The van der Waals surface area contributed by atoms with Crippen LogP contribution >= 0.6 is 11.8 Å². The van der Waals surface area contributed by atoms with Crippen molar-refractivity contribution < 1.29 is 9.53 Å². The predicted molar refractivity (Wildman–Crippen MR) is 85.7 cm³/mol. The van der Waals surface area contributed by atoms with Crippen molar-refractivity contribution in [1.29, 1.82) is 0 Å². The van der Waals surface area contributed by atoms with Gasteiger partial charge in [0.2, 0.25) is 5.91 Å². The van der Waals surface area contributed by atoms with Gasteiger partial charge < -0.3 is 14.2 Å². The molecule has 2 aliphatic heterocycles. The predicted octanol–water partition coefficient (Wildman–Crippen LogP) is 1.48. The first kappa shape index (κ1) is 15.8. The van der Waals surface area contributed by atoms with Crippen molar-refractivity contribution in [2.75, 3.05) is 18.9 Å². The Bertz CT molecular complexity index is 528. The molecule has 0 aliphatic carbocycles. The van der Waals surface area contributed by atoms with Crippen LogP contribution < -0.4 is 0 Å². The summed E-state index contributed by atoms with van der Waals surface area (Å²) in [5.74, 6) is 3.26. The molecule has 1 aromatic rings. The van der Waals surface area contributed by atoms with E-state index in [4.69, 9.17) is 4.74 Å². The third kappa shape index (κ3) is 3.15. The van der Waals surface area contributed by atoms with E-state index in [1.807, 2.05) is 23.6 Å². The van der Waals surface area contributed by atoms with Gasteiger partial charge in [-0.2, -0.15) is 0 Å². The van der Waals surface area contributed by atoms with Gasteiger partial charge in [0.05, 0.1) is 5.25 Å². The van der Waals surface area contributed by atoms with E-state index in [-0.39, 0.29) is 11.3 Å². The number of thioether (sulfide) groups is 1. The molecule has 0 saturated carbocycles. The highest BCUT2D eigenvalue weighted by atomic mass is 32.2. The second-order valence-corrected chi connectivity index (χ2v) is 7.22. The average molecular weight is 324 g/mol. The molecule has 6 nitrogen and oxygen atoms in total. The number of fused-ring (bicyclic) bond motifs is 1. The number of hydrogen-bond acceptors (Lipinski definition) is 5. The lowest BCUT2D eigenvalue weighted by atomic mass is 10.1. The van der Waals surface area contributed by atoms with Crippen molar-refractivity contribution in [3.63, 3.8) is 0 Å². The minimum Gasteiger partial charge on any atom is -0.374 e. The number of hydrogen-bond donors (Lipinski definition) is 0. The quantitative estimate of drug-likeness (QED) is 0.840. The summed E-state index contributed by atoms with van der Waals surface area (Å²) in [6, 6.07) is 0.180. The van der Waals surface area contributed by atoms with Gasteiger partial charge in [-0.05, 0) is 32.4 Å². The molecule has 1 saturated heterocycles. The van der Waals surface area contributed by atoms with E-state index < -0.39 is 0 Å². The molecule has 0 unspecified atom stereocenters. The zero-order valence-corrected chi connectivity index (χ0v) is 14.1. The lowest BCUT2D eigenvalue weighted by Gasteiger charge is -2.29. The highest BCUT2D eigenvalue weighted by Crippen LogP contribution is 2.29. The van der Waals surface area contributed by atoms with E-state index in [0.717, 1.165) is 49.8 Å². The van der Waals surface area contributed by atoms with Crippen molar-refractivity contribution >= 4 is 17.7 Å². The highest BCUT2D eigenvalue weighted by Gasteiger charge is 2.33. The second kappa shape index (κ2) is 7.00. The highest BCUT2D eigenvalue weighted by molar-refractivity contribution is 8.00. The normalized spacial score (nSPS) is 25.1. The molecule has 3 heterocycles. The van der Waals surface area contributed by atoms with Crippen LogP contribution in [0.3, 0.4) is 0 Å². The zero-order valence-electron chi connectivity index (χ0n) is 13.3. The van der Waals surface area contributed by atoms with Crippen molar-refractivity contribution in [1.82, 2.24) is 19.7 Å². The first-order valence-corrected chi connectivity index (χ1v) is 9.16. The Hall–Kier alpha value is -1.08. The molecular weight excluding hydrogens is 300 g/mol. The molecule has 0 spiro atoms. The number of ether oxygens (including phenoxy) is 1. The third-order valence-electron chi connectivity index (χ3n) is 4.40. The molecular formula is C15H24N4O2S. The molecule has 1 fully saturated rings. The maximum absolute atomic E-state index is 12.7. The average Bonchev–Trinajstić information content (AvgIpc) is 3.13. The summed E-state index contributed by atoms with van der Waals surface area (Å²) in [6.45, 7) is 6.75. The Morgan fingerprint density at radius 3 is 3.00 bits per heavy atom. The molecule has 0 radical (unpaired) electrons. The molecule has 0 aromatic carbocycles. The van der Waals surface area contributed by atoms with Crippen LogP contribution in [0, 0.1) is 0 Å². The summed E-state index contributed by atoms with van der Waals surface area (Å²) in [7, 11) is 0. The Kier molecular flexibility index (Phi) is 5.03. The summed E-state index contributed by atoms with van der Waals surface area (Å²) in [6.07, 6.45) is 2.95. The number of nitrogens with zero attached hydrogens (tertiary/aromatic N) is 4. The third-order valence-corrected chi connectivity index (χ3v) is 5.77. The van der Waals surface area contributed by atoms with E-state index in [9.17, 15) is 4.79 Å². The Morgan fingerprint density at radius 2 is 2.27 bits per heavy atom. The largest absolute Gasteiger partial charge is 0.374 e. The van der Waals surface area contributed by atoms with Crippen LogP contribution in [0.25, 0.3) is 0 Å². The summed E-state index contributed by atoms with van der Waals surface area (Å²) in [5, 5.41) is 8.70. The monoisotopic (exact) mass is 324 g/mol. The van der Waals surface area contributed by atoms with E-state index in [2.05, 4.69) is 21.7 Å². The molecule has 2 aliphatic rings. The first-order chi connectivity index (χ1) is 10.7. The van der Waals surface area contributed by atoms with E-state index in [1.54, 1.807) is 0 Å². The van der Waals surface area contributed by atoms with Gasteiger partial charge in [-0.3, -0.25) is 4.79 Å². The maximum atomic E-state index is 12.7. The minimum absolute atomic E-state index is 0.161. The molecule has 2 atom stereocenters. The van der Waals surface area contributed by atoms with Crippen LogP contribution in [0.5, 0.6) is 0 Å². The molecule has 1 aromatic heterocycles. The van der Waals surface area contributed by atoms with E-state index in [1.165, 1.54) is 0 Å². The van der Waals surface area contributed by atoms with Crippen molar-refractivity contribution in [2.24, 2.45) is 0 Å². The first-order valence-electron chi connectivity index (χ1n) is 8.11. The van der Waals surface area contributed by atoms with Gasteiger partial charge in [0.25, 0.3) is 0 Å². The standard InChI is InChI=1S/C15H24N4O2S/c1-3-21-10-14-17-16-13-9-11(2)18(6-7-19(13)14)15(20)12-5-4-8-22-12/h11-12H,3-10H2,1-2H3/t11-,12-/m0/s1. The lowest BCUT2D eigenvalue weighted by Crippen LogP contribution is -2.44. The second-order valence-electron chi connectivity index (χ2n) is 5.91. The van der Waals surface area contributed by atoms with Crippen LogP contribution in [0.15, 0.2) is 0 Å². The number of rotatable bonds is 4. The van der Waals surface area contributed by atoms with Crippen LogP contribution in [-0.2, 0) is 29.1 Å². The molecule has 0 N–H and O–H groups in total. The summed E-state index contributed by atoms with van der Waals surface area (Å²) < 4.78 is 7.59. The molecule has 22 heavy (non-hydrogen) atoms. The smallest absolute Gasteiger partial charge is 0.236 e. The fourth-order valence-corrected chi connectivity index (χ4v) is 4.40. The van der Waals surface area contributed by atoms with Gasteiger partial charge in [-0.25, -0.2) is 0 Å². The van der Waals surface area contributed by atoms with Gasteiger partial charge in [-0.15, -0.1) is 22.0 Å². The van der Waals surface area contributed by atoms with Crippen LogP contribution in [0.1, 0.15) is 38.3 Å². The number of carbonyl (C=O) groups excluding carboxylic acids is 1. The summed E-state index contributed by atoms with van der Waals surface area (Å²) in [4.78, 5) is 14.8. The van der Waals surface area contributed by atoms with E-state index in [0.29, 0.717) is 19.1 Å². The van der Waals surface area contributed by atoms with Gasteiger partial charge >= 0.3 is 0 Å². The fourth-order valence-electron chi connectivity index (χ4n) is 3.17. The van der Waals surface area contributed by atoms with Crippen LogP contribution in [0.2, 0.25) is 0 Å². The Labute approximate surface area is 135 Å². The molecule has 3 rings (SSSR count). The topological polar surface area (TPSA) is 60.3 Å². The molecule has 122 valence electrons. The fraction of sp³-hybridized carbons (Fsp3) is 0.800. The van der Waals surface area contributed by atoms with Gasteiger partial charge in [0.1, 0.15) is 12.4 Å². The van der Waals surface area contributed by atoms with Crippen molar-refractivity contribution in [3.8, 4) is 0 Å².